The third-order valence-electron chi connectivity index (χ3n) is 3.53. The fourth-order valence-corrected chi connectivity index (χ4v) is 2.51. The van der Waals surface area contributed by atoms with Crippen LogP contribution in [-0.4, -0.2) is 53.0 Å². The Hall–Kier alpha value is -2.11. The molecule has 0 spiro atoms. The molecule has 1 aromatic heterocycles. The highest BCUT2D eigenvalue weighted by Gasteiger charge is 2.19. The SMILES string of the molecule is CCCN(CC(=O)O)C(=O)c1ccc(N2CCCC2)nc1. The fraction of sp³-hybridized carbons (Fsp3) is 0.533. The van der Waals surface area contributed by atoms with Gasteiger partial charge >= 0.3 is 5.97 Å². The maximum absolute atomic E-state index is 12.3. The van der Waals surface area contributed by atoms with Crippen LogP contribution >= 0.6 is 0 Å². The van der Waals surface area contributed by atoms with E-state index in [0.29, 0.717) is 12.1 Å². The number of rotatable bonds is 6. The van der Waals surface area contributed by atoms with Crippen LogP contribution < -0.4 is 4.90 Å². The summed E-state index contributed by atoms with van der Waals surface area (Å²) in [5.74, 6) is -0.400. The third-order valence-corrected chi connectivity index (χ3v) is 3.53. The molecule has 0 atom stereocenters. The van der Waals surface area contributed by atoms with Crippen LogP contribution in [0.25, 0.3) is 0 Å². The second-order valence-corrected chi connectivity index (χ2v) is 5.22. The van der Waals surface area contributed by atoms with Gasteiger partial charge in [-0.2, -0.15) is 0 Å². The van der Waals surface area contributed by atoms with E-state index in [0.717, 1.165) is 25.3 Å². The van der Waals surface area contributed by atoms with Gasteiger partial charge in [-0.15, -0.1) is 0 Å². The van der Waals surface area contributed by atoms with Crippen molar-refractivity contribution in [2.24, 2.45) is 0 Å². The lowest BCUT2D eigenvalue weighted by atomic mass is 10.2. The Morgan fingerprint density at radius 2 is 2.05 bits per heavy atom. The maximum atomic E-state index is 12.3. The molecule has 1 aliphatic rings. The van der Waals surface area contributed by atoms with E-state index >= 15 is 0 Å². The number of aromatic nitrogens is 1. The molecule has 1 saturated heterocycles. The van der Waals surface area contributed by atoms with Crippen molar-refractivity contribution >= 4 is 17.7 Å². The molecule has 1 aromatic rings. The molecule has 1 N–H and O–H groups in total. The second kappa shape index (κ2) is 7.06. The molecule has 114 valence electrons. The predicted molar refractivity (Wildman–Crippen MR) is 79.5 cm³/mol. The summed E-state index contributed by atoms with van der Waals surface area (Å²) < 4.78 is 0. The van der Waals surface area contributed by atoms with Gasteiger partial charge in [0.25, 0.3) is 5.91 Å². The first-order chi connectivity index (χ1) is 10.1. The van der Waals surface area contributed by atoms with Crippen LogP contribution in [0.2, 0.25) is 0 Å². The highest BCUT2D eigenvalue weighted by Crippen LogP contribution is 2.18. The first-order valence-corrected chi connectivity index (χ1v) is 7.34. The molecule has 0 aromatic carbocycles. The number of aliphatic carboxylic acids is 1. The quantitative estimate of drug-likeness (QED) is 0.862. The number of carbonyl (C=O) groups is 2. The van der Waals surface area contributed by atoms with Gasteiger partial charge in [0.15, 0.2) is 0 Å². The van der Waals surface area contributed by atoms with Crippen LogP contribution in [0.1, 0.15) is 36.5 Å². The molecule has 1 aliphatic heterocycles. The molecule has 21 heavy (non-hydrogen) atoms. The van der Waals surface area contributed by atoms with Gasteiger partial charge in [0.05, 0.1) is 5.56 Å². The molecule has 0 radical (unpaired) electrons. The number of carbonyl (C=O) groups excluding carboxylic acids is 1. The van der Waals surface area contributed by atoms with Crippen LogP contribution in [-0.2, 0) is 4.79 Å². The Morgan fingerprint density at radius 3 is 2.57 bits per heavy atom. The molecule has 0 unspecified atom stereocenters. The minimum atomic E-state index is -1.00. The van der Waals surface area contributed by atoms with E-state index in [-0.39, 0.29) is 12.5 Å². The Kier molecular flexibility index (Phi) is 5.14. The van der Waals surface area contributed by atoms with E-state index < -0.39 is 5.97 Å². The van der Waals surface area contributed by atoms with Crippen molar-refractivity contribution in [3.63, 3.8) is 0 Å². The molecular weight excluding hydrogens is 270 g/mol. The summed E-state index contributed by atoms with van der Waals surface area (Å²) in [5, 5.41) is 8.88. The number of hydrogen-bond acceptors (Lipinski definition) is 4. The van der Waals surface area contributed by atoms with Gasteiger partial charge in [-0.1, -0.05) is 6.92 Å². The van der Waals surface area contributed by atoms with Gasteiger partial charge < -0.3 is 14.9 Å². The molecular formula is C15H21N3O3. The first-order valence-electron chi connectivity index (χ1n) is 7.34. The number of carboxylic acids is 1. The molecule has 2 rings (SSSR count). The molecule has 2 heterocycles. The Labute approximate surface area is 124 Å². The zero-order valence-electron chi connectivity index (χ0n) is 12.3. The molecule has 6 nitrogen and oxygen atoms in total. The third kappa shape index (κ3) is 3.93. The van der Waals surface area contributed by atoms with E-state index in [1.807, 2.05) is 13.0 Å². The number of anilines is 1. The Balaban J connectivity index is 2.08. The standard InChI is InChI=1S/C15H21N3O3/c1-2-7-18(11-14(19)20)15(21)12-5-6-13(16-10-12)17-8-3-4-9-17/h5-6,10H,2-4,7-9,11H2,1H3,(H,19,20). The summed E-state index contributed by atoms with van der Waals surface area (Å²) in [7, 11) is 0. The van der Waals surface area contributed by atoms with Crippen LogP contribution in [0.3, 0.4) is 0 Å². The van der Waals surface area contributed by atoms with E-state index in [2.05, 4.69) is 9.88 Å². The van der Waals surface area contributed by atoms with E-state index in [4.69, 9.17) is 5.11 Å². The van der Waals surface area contributed by atoms with Gasteiger partial charge in [-0.05, 0) is 31.4 Å². The maximum Gasteiger partial charge on any atom is 0.323 e. The predicted octanol–water partition coefficient (Wildman–Crippen LogP) is 1.62. The van der Waals surface area contributed by atoms with E-state index in [9.17, 15) is 9.59 Å². The van der Waals surface area contributed by atoms with Gasteiger partial charge in [-0.25, -0.2) is 4.98 Å². The van der Waals surface area contributed by atoms with Crippen LogP contribution in [0, 0.1) is 0 Å². The summed E-state index contributed by atoms with van der Waals surface area (Å²) in [6.07, 6.45) is 4.61. The molecule has 0 aliphatic carbocycles. The van der Waals surface area contributed by atoms with Crippen molar-refractivity contribution in [3.8, 4) is 0 Å². The van der Waals surface area contributed by atoms with Gasteiger partial charge in [0, 0.05) is 25.8 Å². The summed E-state index contributed by atoms with van der Waals surface area (Å²) in [6.45, 7) is 4.07. The van der Waals surface area contributed by atoms with Crippen LogP contribution in [0.4, 0.5) is 5.82 Å². The summed E-state index contributed by atoms with van der Waals surface area (Å²) in [5.41, 5.74) is 0.438. The molecule has 1 amide bonds. The molecule has 0 saturated carbocycles. The second-order valence-electron chi connectivity index (χ2n) is 5.22. The normalized spacial score (nSPS) is 14.2. The largest absolute Gasteiger partial charge is 0.480 e. The van der Waals surface area contributed by atoms with Crippen LogP contribution in [0.15, 0.2) is 18.3 Å². The summed E-state index contributed by atoms with van der Waals surface area (Å²) >= 11 is 0. The number of hydrogen-bond donors (Lipinski definition) is 1. The highest BCUT2D eigenvalue weighted by atomic mass is 16.4. The monoisotopic (exact) mass is 291 g/mol. The van der Waals surface area contributed by atoms with Crippen molar-refractivity contribution in [1.82, 2.24) is 9.88 Å². The van der Waals surface area contributed by atoms with Crippen LogP contribution in [0.5, 0.6) is 0 Å². The lowest BCUT2D eigenvalue weighted by Gasteiger charge is -2.20. The lowest BCUT2D eigenvalue weighted by Crippen LogP contribution is -2.36. The van der Waals surface area contributed by atoms with Crippen molar-refractivity contribution in [2.75, 3.05) is 31.1 Å². The highest BCUT2D eigenvalue weighted by molar-refractivity contribution is 5.95. The topological polar surface area (TPSA) is 73.7 Å². The average Bonchev–Trinajstić information content (AvgIpc) is 3.00. The van der Waals surface area contributed by atoms with Crippen molar-refractivity contribution in [2.45, 2.75) is 26.2 Å². The zero-order chi connectivity index (χ0) is 15.2. The smallest absolute Gasteiger partial charge is 0.323 e. The minimum Gasteiger partial charge on any atom is -0.480 e. The lowest BCUT2D eigenvalue weighted by molar-refractivity contribution is -0.137. The summed E-state index contributed by atoms with van der Waals surface area (Å²) in [6, 6.07) is 3.57. The van der Waals surface area contributed by atoms with Gasteiger partial charge in [0.2, 0.25) is 0 Å². The average molecular weight is 291 g/mol. The molecule has 1 fully saturated rings. The van der Waals surface area contributed by atoms with Crippen molar-refractivity contribution in [3.05, 3.63) is 23.9 Å². The zero-order valence-corrected chi connectivity index (χ0v) is 12.3. The van der Waals surface area contributed by atoms with E-state index in [1.54, 1.807) is 12.3 Å². The van der Waals surface area contributed by atoms with Gasteiger partial charge in [-0.3, -0.25) is 9.59 Å². The number of nitrogens with zero attached hydrogens (tertiary/aromatic N) is 3. The van der Waals surface area contributed by atoms with Crippen molar-refractivity contribution < 1.29 is 14.7 Å². The fourth-order valence-electron chi connectivity index (χ4n) is 2.51. The summed E-state index contributed by atoms with van der Waals surface area (Å²) in [4.78, 5) is 31.0. The number of amides is 1. The Morgan fingerprint density at radius 1 is 1.33 bits per heavy atom. The number of pyridine rings is 1. The van der Waals surface area contributed by atoms with Crippen molar-refractivity contribution in [1.29, 1.82) is 0 Å². The van der Waals surface area contributed by atoms with Gasteiger partial charge in [0.1, 0.15) is 12.4 Å². The molecule has 0 bridgehead atoms. The minimum absolute atomic E-state index is 0.277. The Bertz CT molecular complexity index is 495. The first kappa shape index (κ1) is 15.3. The molecule has 6 heteroatoms. The van der Waals surface area contributed by atoms with E-state index in [1.165, 1.54) is 17.7 Å². The number of carboxylic acid groups (broad SMARTS) is 1.